The third kappa shape index (κ3) is 6.83. The molecule has 2 aliphatic rings. The van der Waals surface area contributed by atoms with Gasteiger partial charge in [-0.25, -0.2) is 0 Å². The lowest BCUT2D eigenvalue weighted by atomic mass is 9.89. The zero-order chi connectivity index (χ0) is 18.9. The summed E-state index contributed by atoms with van der Waals surface area (Å²) in [6.07, 6.45) is 7.66. The maximum atomic E-state index is 12.1. The molecule has 28 heavy (non-hydrogen) atoms. The third-order valence-electron chi connectivity index (χ3n) is 5.38. The Morgan fingerprint density at radius 3 is 2.64 bits per heavy atom. The average molecular weight is 500 g/mol. The van der Waals surface area contributed by atoms with Crippen LogP contribution in [0.3, 0.4) is 0 Å². The first-order valence-electron chi connectivity index (χ1n) is 10.2. The Morgan fingerprint density at radius 2 is 1.86 bits per heavy atom. The molecule has 1 aromatic carbocycles. The maximum absolute atomic E-state index is 12.1. The molecule has 0 spiro atoms. The Morgan fingerprint density at radius 1 is 1.11 bits per heavy atom. The smallest absolute Gasteiger partial charge is 0.223 e. The highest BCUT2D eigenvalue weighted by molar-refractivity contribution is 14.0. The van der Waals surface area contributed by atoms with Gasteiger partial charge in [-0.15, -0.1) is 24.0 Å². The van der Waals surface area contributed by atoms with Gasteiger partial charge in [-0.2, -0.15) is 0 Å². The van der Waals surface area contributed by atoms with Gasteiger partial charge in [-0.1, -0.05) is 31.4 Å². The van der Waals surface area contributed by atoms with E-state index in [2.05, 4.69) is 39.1 Å². The molecular formula is C21H33IN4O2. The number of carbonyl (C=O) groups is 1. The predicted molar refractivity (Wildman–Crippen MR) is 124 cm³/mol. The number of hydrogen-bond acceptors (Lipinski definition) is 3. The van der Waals surface area contributed by atoms with Crippen molar-refractivity contribution in [1.29, 1.82) is 0 Å². The van der Waals surface area contributed by atoms with Crippen molar-refractivity contribution in [2.75, 3.05) is 33.3 Å². The number of aliphatic imine (C=N–C) groups is 1. The van der Waals surface area contributed by atoms with Crippen LogP contribution >= 0.6 is 24.0 Å². The summed E-state index contributed by atoms with van der Waals surface area (Å²) in [6, 6.07) is 6.43. The summed E-state index contributed by atoms with van der Waals surface area (Å²) < 4.78 is 5.55. The molecule has 1 fully saturated rings. The molecule has 0 bridgehead atoms. The summed E-state index contributed by atoms with van der Waals surface area (Å²) in [7, 11) is 1.77. The summed E-state index contributed by atoms with van der Waals surface area (Å²) in [5.41, 5.74) is 2.62. The number of nitrogens with one attached hydrogen (secondary N) is 3. The lowest BCUT2D eigenvalue weighted by Gasteiger charge is -2.21. The van der Waals surface area contributed by atoms with Crippen LogP contribution in [0.25, 0.3) is 0 Å². The van der Waals surface area contributed by atoms with Crippen LogP contribution in [0.2, 0.25) is 0 Å². The van der Waals surface area contributed by atoms with E-state index in [0.717, 1.165) is 50.5 Å². The molecule has 3 rings (SSSR count). The first kappa shape index (κ1) is 22.8. The topological polar surface area (TPSA) is 74.8 Å². The predicted octanol–water partition coefficient (Wildman–Crippen LogP) is 2.64. The van der Waals surface area contributed by atoms with Crippen molar-refractivity contribution in [2.45, 2.75) is 44.9 Å². The molecule has 1 aliphatic carbocycles. The molecular weight excluding hydrogens is 467 g/mol. The minimum atomic E-state index is 0. The van der Waals surface area contributed by atoms with Crippen molar-refractivity contribution in [3.63, 3.8) is 0 Å². The quantitative estimate of drug-likeness (QED) is 0.233. The van der Waals surface area contributed by atoms with E-state index in [-0.39, 0.29) is 35.8 Å². The zero-order valence-corrected chi connectivity index (χ0v) is 19.1. The second-order valence-corrected chi connectivity index (χ2v) is 7.34. The van der Waals surface area contributed by atoms with Crippen molar-refractivity contribution in [2.24, 2.45) is 10.9 Å². The average Bonchev–Trinajstić information content (AvgIpc) is 3.18. The van der Waals surface area contributed by atoms with Gasteiger partial charge in [0.05, 0.1) is 6.61 Å². The number of benzene rings is 1. The van der Waals surface area contributed by atoms with Crippen molar-refractivity contribution < 1.29 is 9.53 Å². The Bertz CT molecular complexity index is 660. The van der Waals surface area contributed by atoms with Gasteiger partial charge >= 0.3 is 0 Å². The van der Waals surface area contributed by atoms with Crippen molar-refractivity contribution >= 4 is 35.8 Å². The SMILES string of the molecule is CN=C(NCCNC(=O)C1CCCCC1)NCCc1ccc2c(c1)CCO2.I. The number of nitrogens with zero attached hydrogens (tertiary/aromatic N) is 1. The Labute approximate surface area is 185 Å². The first-order chi connectivity index (χ1) is 13.3. The van der Waals surface area contributed by atoms with Gasteiger partial charge in [0, 0.05) is 39.0 Å². The molecule has 0 radical (unpaired) electrons. The normalized spacial score (nSPS) is 16.5. The van der Waals surface area contributed by atoms with Gasteiger partial charge < -0.3 is 20.7 Å². The molecule has 0 saturated heterocycles. The highest BCUT2D eigenvalue weighted by Crippen LogP contribution is 2.26. The Balaban J connectivity index is 0.00000280. The van der Waals surface area contributed by atoms with Crippen LogP contribution < -0.4 is 20.7 Å². The number of rotatable bonds is 7. The highest BCUT2D eigenvalue weighted by atomic mass is 127. The van der Waals surface area contributed by atoms with Crippen LogP contribution in [-0.4, -0.2) is 45.2 Å². The van der Waals surface area contributed by atoms with Crippen molar-refractivity contribution in [3.05, 3.63) is 29.3 Å². The number of amides is 1. The number of hydrogen-bond donors (Lipinski definition) is 3. The van der Waals surface area contributed by atoms with E-state index in [1.165, 1.54) is 30.4 Å². The Hall–Kier alpha value is -1.51. The highest BCUT2D eigenvalue weighted by Gasteiger charge is 2.20. The number of fused-ring (bicyclic) bond motifs is 1. The van der Waals surface area contributed by atoms with E-state index in [9.17, 15) is 4.79 Å². The van der Waals surface area contributed by atoms with E-state index in [4.69, 9.17) is 4.74 Å². The molecule has 0 unspecified atom stereocenters. The van der Waals surface area contributed by atoms with E-state index in [1.807, 2.05) is 0 Å². The number of guanidine groups is 1. The second-order valence-electron chi connectivity index (χ2n) is 7.34. The molecule has 0 aromatic heterocycles. The fraction of sp³-hybridized carbons (Fsp3) is 0.619. The van der Waals surface area contributed by atoms with Gasteiger partial charge in [0.25, 0.3) is 0 Å². The fourth-order valence-electron chi connectivity index (χ4n) is 3.82. The zero-order valence-electron chi connectivity index (χ0n) is 16.8. The number of carbonyl (C=O) groups excluding carboxylic acids is 1. The number of ether oxygens (including phenoxy) is 1. The molecule has 0 atom stereocenters. The molecule has 6 nitrogen and oxygen atoms in total. The summed E-state index contributed by atoms with van der Waals surface area (Å²) in [6.45, 7) is 2.91. The molecule has 1 saturated carbocycles. The van der Waals surface area contributed by atoms with E-state index >= 15 is 0 Å². The van der Waals surface area contributed by atoms with Crippen molar-refractivity contribution in [1.82, 2.24) is 16.0 Å². The van der Waals surface area contributed by atoms with Crippen LogP contribution in [0.1, 0.15) is 43.2 Å². The molecule has 1 amide bonds. The summed E-state index contributed by atoms with van der Waals surface area (Å²) in [5.74, 6) is 2.22. The van der Waals surface area contributed by atoms with Crippen LogP contribution in [0, 0.1) is 5.92 Å². The maximum Gasteiger partial charge on any atom is 0.223 e. The van der Waals surface area contributed by atoms with Gasteiger partial charge in [-0.3, -0.25) is 9.79 Å². The fourth-order valence-corrected chi connectivity index (χ4v) is 3.82. The molecule has 1 heterocycles. The standard InChI is InChI=1S/C21H32N4O2.HI/c1-22-21(25-13-12-23-20(26)17-5-3-2-4-6-17)24-11-9-16-7-8-19-18(15-16)10-14-27-19;/h7-8,15,17H,2-6,9-14H2,1H3,(H,23,26)(H2,22,24,25);1H. The van der Waals surface area contributed by atoms with E-state index < -0.39 is 0 Å². The first-order valence-corrected chi connectivity index (χ1v) is 10.2. The summed E-state index contributed by atoms with van der Waals surface area (Å²) in [5, 5.41) is 9.63. The van der Waals surface area contributed by atoms with Gasteiger partial charge in [0.1, 0.15) is 5.75 Å². The van der Waals surface area contributed by atoms with Gasteiger partial charge in [-0.05, 0) is 36.5 Å². The minimum absolute atomic E-state index is 0. The lowest BCUT2D eigenvalue weighted by molar-refractivity contribution is -0.125. The van der Waals surface area contributed by atoms with Crippen LogP contribution in [0.15, 0.2) is 23.2 Å². The monoisotopic (exact) mass is 500 g/mol. The van der Waals surface area contributed by atoms with Gasteiger partial charge in [0.2, 0.25) is 5.91 Å². The van der Waals surface area contributed by atoms with Crippen LogP contribution in [0.5, 0.6) is 5.75 Å². The molecule has 3 N–H and O–H groups in total. The molecule has 156 valence electrons. The summed E-state index contributed by atoms with van der Waals surface area (Å²) >= 11 is 0. The van der Waals surface area contributed by atoms with E-state index in [0.29, 0.717) is 13.1 Å². The number of halogens is 1. The van der Waals surface area contributed by atoms with Crippen LogP contribution in [0.4, 0.5) is 0 Å². The molecule has 7 heteroatoms. The van der Waals surface area contributed by atoms with Crippen LogP contribution in [-0.2, 0) is 17.6 Å². The Kier molecular flexibility index (Phi) is 9.87. The largest absolute Gasteiger partial charge is 0.493 e. The minimum Gasteiger partial charge on any atom is -0.493 e. The van der Waals surface area contributed by atoms with Gasteiger partial charge in [0.15, 0.2) is 5.96 Å². The van der Waals surface area contributed by atoms with E-state index in [1.54, 1.807) is 7.05 Å². The van der Waals surface area contributed by atoms with Crippen molar-refractivity contribution in [3.8, 4) is 5.75 Å². The summed E-state index contributed by atoms with van der Waals surface area (Å²) in [4.78, 5) is 16.4. The second kappa shape index (κ2) is 12.1. The molecule has 1 aliphatic heterocycles. The molecule has 1 aromatic rings. The lowest BCUT2D eigenvalue weighted by Crippen LogP contribution is -2.43. The third-order valence-corrected chi connectivity index (χ3v) is 5.38.